The normalized spacial score (nSPS) is 12.2. The van der Waals surface area contributed by atoms with Crippen LogP contribution < -0.4 is 4.90 Å². The zero-order valence-electron chi connectivity index (χ0n) is 11.3. The molecule has 2 nitrogen and oxygen atoms in total. The van der Waals surface area contributed by atoms with Gasteiger partial charge in [0.05, 0.1) is 6.10 Å². The molecular weight excluding hydrogens is 260 g/mol. The van der Waals surface area contributed by atoms with Crippen molar-refractivity contribution in [2.75, 3.05) is 18.5 Å². The van der Waals surface area contributed by atoms with Crippen molar-refractivity contribution >= 4 is 5.69 Å². The Hall–Kier alpha value is -1.94. The van der Waals surface area contributed by atoms with Crippen LogP contribution in [0.2, 0.25) is 0 Å². The maximum absolute atomic E-state index is 13.1. The van der Waals surface area contributed by atoms with Crippen LogP contribution in [0.25, 0.3) is 0 Å². The number of nitrogens with zero attached hydrogens (tertiary/aromatic N) is 1. The van der Waals surface area contributed by atoms with Crippen LogP contribution in [0.15, 0.2) is 48.5 Å². The van der Waals surface area contributed by atoms with Crippen LogP contribution in [0.1, 0.15) is 18.1 Å². The fourth-order valence-electron chi connectivity index (χ4n) is 2.01. The van der Waals surface area contributed by atoms with Crippen LogP contribution >= 0.6 is 0 Å². The van der Waals surface area contributed by atoms with Crippen molar-refractivity contribution in [3.05, 3.63) is 65.7 Å². The summed E-state index contributed by atoms with van der Waals surface area (Å²) < 4.78 is 25.9. The molecule has 4 heteroatoms. The molecule has 1 unspecified atom stereocenters. The van der Waals surface area contributed by atoms with Gasteiger partial charge < -0.3 is 10.0 Å². The second-order valence-electron chi connectivity index (χ2n) is 4.76. The molecule has 0 radical (unpaired) electrons. The number of aliphatic hydroxyl groups is 1. The molecule has 0 amide bonds. The van der Waals surface area contributed by atoms with E-state index in [2.05, 4.69) is 0 Å². The van der Waals surface area contributed by atoms with E-state index in [1.165, 1.54) is 24.3 Å². The standard InChI is InChI=1S/C16H17F2NO/c1-19(15-4-2-3-14(18)11-15)10-9-16(20)12-5-7-13(17)8-6-12/h2-8,11,16,20H,9-10H2,1H3. The molecule has 0 heterocycles. The molecule has 1 N–H and O–H groups in total. The molecule has 0 aliphatic heterocycles. The van der Waals surface area contributed by atoms with E-state index in [1.54, 1.807) is 18.2 Å². The molecule has 0 spiro atoms. The van der Waals surface area contributed by atoms with E-state index >= 15 is 0 Å². The fraction of sp³-hybridized carbons (Fsp3) is 0.250. The van der Waals surface area contributed by atoms with Crippen LogP contribution in [0.4, 0.5) is 14.5 Å². The molecule has 0 aromatic heterocycles. The summed E-state index contributed by atoms with van der Waals surface area (Å²) in [6, 6.07) is 12.1. The second kappa shape index (κ2) is 6.48. The Bertz CT molecular complexity index is 557. The van der Waals surface area contributed by atoms with Crippen molar-refractivity contribution in [2.45, 2.75) is 12.5 Å². The molecule has 0 fully saturated rings. The van der Waals surface area contributed by atoms with Crippen molar-refractivity contribution in [1.29, 1.82) is 0 Å². The average molecular weight is 277 g/mol. The average Bonchev–Trinajstić information content (AvgIpc) is 2.45. The van der Waals surface area contributed by atoms with E-state index in [-0.39, 0.29) is 11.6 Å². The van der Waals surface area contributed by atoms with E-state index in [1.807, 2.05) is 18.0 Å². The minimum absolute atomic E-state index is 0.284. The number of rotatable bonds is 5. The molecule has 0 aliphatic carbocycles. The summed E-state index contributed by atoms with van der Waals surface area (Å²) in [6.45, 7) is 0.571. The van der Waals surface area contributed by atoms with Gasteiger partial charge in [-0.25, -0.2) is 8.78 Å². The van der Waals surface area contributed by atoms with Gasteiger partial charge >= 0.3 is 0 Å². The third-order valence-corrected chi connectivity index (χ3v) is 3.24. The van der Waals surface area contributed by atoms with Crippen LogP contribution in [0.3, 0.4) is 0 Å². The number of halogens is 2. The maximum Gasteiger partial charge on any atom is 0.125 e. The molecule has 2 aromatic carbocycles. The number of benzene rings is 2. The van der Waals surface area contributed by atoms with Crippen LogP contribution in [-0.4, -0.2) is 18.7 Å². The SMILES string of the molecule is CN(CCC(O)c1ccc(F)cc1)c1cccc(F)c1. The van der Waals surface area contributed by atoms with Gasteiger partial charge in [0.15, 0.2) is 0 Å². The molecule has 106 valence electrons. The molecule has 2 aromatic rings. The van der Waals surface area contributed by atoms with Gasteiger partial charge in [0.2, 0.25) is 0 Å². The molecule has 20 heavy (non-hydrogen) atoms. The molecule has 0 aliphatic rings. The lowest BCUT2D eigenvalue weighted by Crippen LogP contribution is -2.20. The highest BCUT2D eigenvalue weighted by molar-refractivity contribution is 5.45. The van der Waals surface area contributed by atoms with Gasteiger partial charge in [0, 0.05) is 19.3 Å². The zero-order valence-corrected chi connectivity index (χ0v) is 11.3. The van der Waals surface area contributed by atoms with Crippen LogP contribution in [-0.2, 0) is 0 Å². The fourth-order valence-corrected chi connectivity index (χ4v) is 2.01. The van der Waals surface area contributed by atoms with Crippen molar-refractivity contribution < 1.29 is 13.9 Å². The minimum Gasteiger partial charge on any atom is -0.388 e. The molecular formula is C16H17F2NO. The van der Waals surface area contributed by atoms with Gasteiger partial charge in [0.1, 0.15) is 11.6 Å². The predicted molar refractivity (Wildman–Crippen MR) is 75.6 cm³/mol. The van der Waals surface area contributed by atoms with Gasteiger partial charge in [0.25, 0.3) is 0 Å². The molecule has 0 bridgehead atoms. The van der Waals surface area contributed by atoms with Gasteiger partial charge in [-0.1, -0.05) is 18.2 Å². The van der Waals surface area contributed by atoms with Crippen molar-refractivity contribution in [1.82, 2.24) is 0 Å². The Balaban J connectivity index is 1.93. The van der Waals surface area contributed by atoms with Gasteiger partial charge in [-0.05, 0) is 42.3 Å². The lowest BCUT2D eigenvalue weighted by molar-refractivity contribution is 0.169. The van der Waals surface area contributed by atoms with E-state index in [4.69, 9.17) is 0 Å². The van der Waals surface area contributed by atoms with E-state index in [0.717, 1.165) is 5.69 Å². The largest absolute Gasteiger partial charge is 0.388 e. The Morgan fingerprint density at radius 1 is 1.05 bits per heavy atom. The first-order valence-corrected chi connectivity index (χ1v) is 6.46. The second-order valence-corrected chi connectivity index (χ2v) is 4.76. The quantitative estimate of drug-likeness (QED) is 0.903. The molecule has 0 saturated heterocycles. The van der Waals surface area contributed by atoms with Gasteiger partial charge in [-0.2, -0.15) is 0 Å². The summed E-state index contributed by atoms with van der Waals surface area (Å²) in [5.41, 5.74) is 1.44. The third kappa shape index (κ3) is 3.78. The van der Waals surface area contributed by atoms with Crippen molar-refractivity contribution in [2.24, 2.45) is 0 Å². The lowest BCUT2D eigenvalue weighted by atomic mass is 10.1. The minimum atomic E-state index is -0.661. The highest BCUT2D eigenvalue weighted by Crippen LogP contribution is 2.20. The Morgan fingerprint density at radius 3 is 2.40 bits per heavy atom. The number of anilines is 1. The van der Waals surface area contributed by atoms with Gasteiger partial charge in [-0.3, -0.25) is 0 Å². The number of hydrogen-bond donors (Lipinski definition) is 1. The topological polar surface area (TPSA) is 23.5 Å². The summed E-state index contributed by atoms with van der Waals surface area (Å²) >= 11 is 0. The first kappa shape index (κ1) is 14.5. The third-order valence-electron chi connectivity index (χ3n) is 3.24. The summed E-state index contributed by atoms with van der Waals surface area (Å²) in [7, 11) is 1.84. The summed E-state index contributed by atoms with van der Waals surface area (Å²) in [5.74, 6) is -0.605. The summed E-state index contributed by atoms with van der Waals surface area (Å²) in [6.07, 6.45) is -0.176. The van der Waals surface area contributed by atoms with E-state index in [0.29, 0.717) is 18.5 Å². The number of aliphatic hydroxyl groups excluding tert-OH is 1. The molecule has 0 saturated carbocycles. The van der Waals surface area contributed by atoms with Crippen LogP contribution in [0, 0.1) is 11.6 Å². The van der Waals surface area contributed by atoms with E-state index < -0.39 is 6.10 Å². The Kier molecular flexibility index (Phi) is 4.69. The molecule has 2 rings (SSSR count). The Morgan fingerprint density at radius 2 is 1.75 bits per heavy atom. The van der Waals surface area contributed by atoms with Gasteiger partial charge in [-0.15, -0.1) is 0 Å². The van der Waals surface area contributed by atoms with E-state index in [9.17, 15) is 13.9 Å². The van der Waals surface area contributed by atoms with Crippen molar-refractivity contribution in [3.8, 4) is 0 Å². The molecule has 1 atom stereocenters. The zero-order chi connectivity index (χ0) is 14.5. The van der Waals surface area contributed by atoms with Crippen LogP contribution in [0.5, 0.6) is 0 Å². The maximum atomic E-state index is 13.1. The highest BCUT2D eigenvalue weighted by Gasteiger charge is 2.10. The number of hydrogen-bond acceptors (Lipinski definition) is 2. The smallest absolute Gasteiger partial charge is 0.125 e. The summed E-state index contributed by atoms with van der Waals surface area (Å²) in [4.78, 5) is 1.87. The van der Waals surface area contributed by atoms with Crippen molar-refractivity contribution in [3.63, 3.8) is 0 Å². The summed E-state index contributed by atoms with van der Waals surface area (Å²) in [5, 5.41) is 10.0. The monoisotopic (exact) mass is 277 g/mol. The Labute approximate surface area is 117 Å². The lowest BCUT2D eigenvalue weighted by Gasteiger charge is -2.21. The first-order valence-electron chi connectivity index (χ1n) is 6.46. The highest BCUT2D eigenvalue weighted by atomic mass is 19.1. The predicted octanol–water partition coefficient (Wildman–Crippen LogP) is 3.52. The first-order chi connectivity index (χ1) is 9.56.